The van der Waals surface area contributed by atoms with E-state index in [-0.39, 0.29) is 12.2 Å². The van der Waals surface area contributed by atoms with Crippen LogP contribution in [0.5, 0.6) is 23.0 Å². The topological polar surface area (TPSA) is 100 Å². The number of pyridine rings is 1. The van der Waals surface area contributed by atoms with Crippen LogP contribution < -0.4 is 29.8 Å². The predicted octanol–water partition coefficient (Wildman–Crippen LogP) is 3.86. The third kappa shape index (κ3) is 4.89. The molecule has 0 aliphatic heterocycles. The lowest BCUT2D eigenvalue weighted by molar-refractivity contribution is 0.102. The van der Waals surface area contributed by atoms with Crippen LogP contribution in [0.1, 0.15) is 21.6 Å². The van der Waals surface area contributed by atoms with Crippen molar-refractivity contribution < 1.29 is 23.7 Å². The molecule has 0 unspecified atom stereocenters. The van der Waals surface area contributed by atoms with E-state index in [4.69, 9.17) is 18.9 Å². The molecule has 0 saturated heterocycles. The van der Waals surface area contributed by atoms with E-state index >= 15 is 0 Å². The third-order valence-electron chi connectivity index (χ3n) is 5.38. The largest absolute Gasteiger partial charge is 0.493 e. The highest BCUT2D eigenvalue weighted by Gasteiger charge is 2.18. The quantitative estimate of drug-likeness (QED) is 0.413. The predicted molar refractivity (Wildman–Crippen MR) is 131 cm³/mol. The summed E-state index contributed by atoms with van der Waals surface area (Å²) in [5, 5.41) is 2.85. The molecular weight excluding hydrogens is 450 g/mol. The summed E-state index contributed by atoms with van der Waals surface area (Å²) in [6.45, 7) is 1.94. The van der Waals surface area contributed by atoms with E-state index in [1.165, 1.54) is 31.8 Å². The van der Waals surface area contributed by atoms with E-state index in [1.807, 2.05) is 13.0 Å². The molecule has 35 heavy (non-hydrogen) atoms. The van der Waals surface area contributed by atoms with E-state index in [2.05, 4.69) is 10.3 Å². The van der Waals surface area contributed by atoms with Gasteiger partial charge in [0, 0.05) is 17.8 Å². The van der Waals surface area contributed by atoms with Crippen molar-refractivity contribution in [2.75, 3.05) is 26.6 Å². The van der Waals surface area contributed by atoms with Crippen molar-refractivity contribution in [3.63, 3.8) is 0 Å². The lowest BCUT2D eigenvalue weighted by atomic mass is 10.1. The van der Waals surface area contributed by atoms with E-state index in [1.54, 1.807) is 48.7 Å². The number of ether oxygens (including phenoxy) is 4. The Morgan fingerprint density at radius 3 is 2.34 bits per heavy atom. The summed E-state index contributed by atoms with van der Waals surface area (Å²) < 4.78 is 23.4. The molecule has 1 amide bonds. The van der Waals surface area contributed by atoms with Crippen LogP contribution in [0.3, 0.4) is 0 Å². The van der Waals surface area contributed by atoms with Crippen molar-refractivity contribution in [2.45, 2.75) is 13.5 Å². The molecule has 2 aromatic heterocycles. The normalized spacial score (nSPS) is 10.6. The minimum Gasteiger partial charge on any atom is -0.493 e. The Balaban J connectivity index is 1.57. The van der Waals surface area contributed by atoms with E-state index in [0.717, 1.165) is 5.56 Å². The molecule has 2 heterocycles. The van der Waals surface area contributed by atoms with Crippen LogP contribution >= 0.6 is 0 Å². The van der Waals surface area contributed by atoms with Crippen LogP contribution in [0.2, 0.25) is 0 Å². The molecule has 0 spiro atoms. The fourth-order valence-corrected chi connectivity index (χ4v) is 3.64. The molecule has 180 valence electrons. The zero-order chi connectivity index (χ0) is 24.9. The van der Waals surface area contributed by atoms with Gasteiger partial charge in [-0.05, 0) is 42.8 Å². The van der Waals surface area contributed by atoms with E-state index < -0.39 is 5.91 Å². The fraction of sp³-hybridized carbons (Fsp3) is 0.192. The highest BCUT2D eigenvalue weighted by atomic mass is 16.5. The zero-order valence-corrected chi connectivity index (χ0v) is 19.8. The average molecular weight is 476 g/mol. The molecule has 1 N–H and O–H groups in total. The molecule has 0 saturated carbocycles. The van der Waals surface area contributed by atoms with Crippen LogP contribution in [0.15, 0.2) is 65.6 Å². The van der Waals surface area contributed by atoms with Crippen molar-refractivity contribution in [3.8, 4) is 23.0 Å². The second kappa shape index (κ2) is 10.2. The van der Waals surface area contributed by atoms with Gasteiger partial charge in [-0.1, -0.05) is 18.2 Å². The van der Waals surface area contributed by atoms with Gasteiger partial charge in [-0.2, -0.15) is 0 Å². The van der Waals surface area contributed by atoms with E-state index in [0.29, 0.717) is 45.6 Å². The third-order valence-corrected chi connectivity index (χ3v) is 5.38. The van der Waals surface area contributed by atoms with Crippen molar-refractivity contribution in [1.82, 2.24) is 9.38 Å². The number of rotatable bonds is 8. The number of amides is 1. The fourth-order valence-electron chi connectivity index (χ4n) is 3.64. The molecule has 4 aromatic rings. The van der Waals surface area contributed by atoms with Crippen molar-refractivity contribution in [1.29, 1.82) is 0 Å². The lowest BCUT2D eigenvalue weighted by Gasteiger charge is -2.15. The number of carbonyl (C=O) groups excluding carboxylic acids is 1. The number of anilines is 1. The SMILES string of the molecule is COc1cc(C(=O)Nc2ccccc2OCc2cc(=O)n3cccc(C)c3n2)cc(OC)c1OC. The van der Waals surface area contributed by atoms with Crippen molar-refractivity contribution in [2.24, 2.45) is 0 Å². The zero-order valence-electron chi connectivity index (χ0n) is 19.8. The minimum absolute atomic E-state index is 0.0527. The molecule has 0 aliphatic rings. The van der Waals surface area contributed by atoms with Gasteiger partial charge < -0.3 is 24.3 Å². The number of fused-ring (bicyclic) bond motifs is 1. The highest BCUT2D eigenvalue weighted by Crippen LogP contribution is 2.38. The molecule has 0 aliphatic carbocycles. The Labute approximate surface area is 201 Å². The first-order chi connectivity index (χ1) is 16.9. The Hall–Kier alpha value is -4.53. The summed E-state index contributed by atoms with van der Waals surface area (Å²) in [4.78, 5) is 30.0. The number of aromatic nitrogens is 2. The Morgan fingerprint density at radius 1 is 0.943 bits per heavy atom. The highest BCUT2D eigenvalue weighted by molar-refractivity contribution is 6.05. The van der Waals surface area contributed by atoms with Crippen LogP contribution in [-0.2, 0) is 6.61 Å². The number of aryl methyl sites for hydroxylation is 1. The molecule has 9 heteroatoms. The number of carbonyl (C=O) groups is 1. The first-order valence-electron chi connectivity index (χ1n) is 10.8. The minimum atomic E-state index is -0.391. The van der Waals surface area contributed by atoms with Gasteiger partial charge in [-0.3, -0.25) is 14.0 Å². The molecule has 4 rings (SSSR count). The second-order valence-corrected chi connectivity index (χ2v) is 7.62. The molecule has 0 fully saturated rings. The summed E-state index contributed by atoms with van der Waals surface area (Å²) in [6, 6.07) is 15.3. The molecule has 9 nitrogen and oxygen atoms in total. The number of nitrogens with zero attached hydrogens (tertiary/aromatic N) is 2. The van der Waals surface area contributed by atoms with Crippen LogP contribution in [-0.4, -0.2) is 36.6 Å². The Morgan fingerprint density at radius 2 is 1.66 bits per heavy atom. The van der Waals surface area contributed by atoms with Gasteiger partial charge in [-0.25, -0.2) is 4.98 Å². The summed E-state index contributed by atoms with van der Waals surface area (Å²) in [6.07, 6.45) is 1.68. The number of hydrogen-bond acceptors (Lipinski definition) is 7. The summed E-state index contributed by atoms with van der Waals surface area (Å²) in [5.41, 5.74) is 2.51. The van der Waals surface area contributed by atoms with Crippen molar-refractivity contribution >= 4 is 17.2 Å². The average Bonchev–Trinajstić information content (AvgIpc) is 2.87. The van der Waals surface area contributed by atoms with Gasteiger partial charge in [0.2, 0.25) is 5.75 Å². The molecule has 0 bridgehead atoms. The van der Waals surface area contributed by atoms with Gasteiger partial charge in [0.05, 0.1) is 32.7 Å². The van der Waals surface area contributed by atoms with Crippen LogP contribution in [0, 0.1) is 6.92 Å². The maximum absolute atomic E-state index is 13.0. The molecular formula is C26H25N3O6. The summed E-state index contributed by atoms with van der Waals surface area (Å²) in [5.74, 6) is 1.17. The van der Waals surface area contributed by atoms with Gasteiger partial charge >= 0.3 is 0 Å². The number of methoxy groups -OCH3 is 3. The Kier molecular flexibility index (Phi) is 6.86. The molecule has 0 atom stereocenters. The maximum Gasteiger partial charge on any atom is 0.258 e. The number of nitrogens with one attached hydrogen (secondary N) is 1. The van der Waals surface area contributed by atoms with Crippen LogP contribution in [0.25, 0.3) is 5.65 Å². The standard InChI is InChI=1S/C26H25N3O6/c1-16-8-7-11-29-23(30)14-18(27-25(16)29)15-35-20-10-6-5-9-19(20)28-26(31)17-12-21(32-2)24(34-4)22(13-17)33-3/h5-14H,15H2,1-4H3,(H,28,31). The monoisotopic (exact) mass is 475 g/mol. The summed E-state index contributed by atoms with van der Waals surface area (Å²) >= 11 is 0. The summed E-state index contributed by atoms with van der Waals surface area (Å²) in [7, 11) is 4.46. The van der Waals surface area contributed by atoms with Gasteiger partial charge in [0.25, 0.3) is 11.5 Å². The van der Waals surface area contributed by atoms with Gasteiger partial charge in [0.15, 0.2) is 11.5 Å². The maximum atomic E-state index is 13.0. The van der Waals surface area contributed by atoms with Crippen molar-refractivity contribution in [3.05, 3.63) is 88.0 Å². The number of hydrogen-bond donors (Lipinski definition) is 1. The lowest BCUT2D eigenvalue weighted by Crippen LogP contribution is -2.17. The Bertz CT molecular complexity index is 1420. The second-order valence-electron chi connectivity index (χ2n) is 7.62. The van der Waals surface area contributed by atoms with E-state index in [9.17, 15) is 9.59 Å². The molecule has 0 radical (unpaired) electrons. The van der Waals surface area contributed by atoms with Gasteiger partial charge in [-0.15, -0.1) is 0 Å². The first-order valence-corrected chi connectivity index (χ1v) is 10.8. The first kappa shape index (κ1) is 23.6. The molecule has 2 aromatic carbocycles. The number of para-hydroxylation sites is 2. The van der Waals surface area contributed by atoms with Crippen LogP contribution in [0.4, 0.5) is 5.69 Å². The number of benzene rings is 2. The smallest absolute Gasteiger partial charge is 0.258 e. The van der Waals surface area contributed by atoms with Gasteiger partial charge in [0.1, 0.15) is 18.0 Å².